The minimum atomic E-state index is -1.17. The molecule has 0 unspecified atom stereocenters. The number of fused-ring (bicyclic) bond motifs is 1. The van der Waals surface area contributed by atoms with Gasteiger partial charge in [-0.25, -0.2) is 13.6 Å². The van der Waals surface area contributed by atoms with E-state index in [9.17, 15) is 13.6 Å². The largest absolute Gasteiger partial charge is 0.477 e. The van der Waals surface area contributed by atoms with Gasteiger partial charge in [0.15, 0.2) is 5.82 Å². The highest BCUT2D eigenvalue weighted by molar-refractivity contribution is 7.20. The Labute approximate surface area is 91.7 Å². The van der Waals surface area contributed by atoms with Crippen LogP contribution in [0, 0.1) is 11.6 Å². The third-order valence-corrected chi connectivity index (χ3v) is 3.33. The van der Waals surface area contributed by atoms with Crippen molar-refractivity contribution in [2.24, 2.45) is 0 Å². The van der Waals surface area contributed by atoms with E-state index >= 15 is 0 Å². The lowest BCUT2D eigenvalue weighted by atomic mass is 10.2. The SMILES string of the molecule is O=C(O)c1cc2cc(F)c(Cl)c(F)c2s1. The minimum absolute atomic E-state index is 0.0504. The van der Waals surface area contributed by atoms with Crippen molar-refractivity contribution >= 4 is 39.0 Å². The summed E-state index contributed by atoms with van der Waals surface area (Å²) in [5.74, 6) is -2.98. The summed E-state index contributed by atoms with van der Waals surface area (Å²) < 4.78 is 26.4. The molecule has 0 aliphatic heterocycles. The van der Waals surface area contributed by atoms with Crippen LogP contribution in [0.3, 0.4) is 0 Å². The molecular formula is C9H3ClF2O2S. The van der Waals surface area contributed by atoms with Gasteiger partial charge in [0.05, 0.1) is 4.70 Å². The second-order valence-electron chi connectivity index (χ2n) is 2.82. The Kier molecular flexibility index (Phi) is 2.36. The van der Waals surface area contributed by atoms with Crippen molar-refractivity contribution in [3.05, 3.63) is 33.7 Å². The molecule has 0 aliphatic carbocycles. The van der Waals surface area contributed by atoms with Crippen LogP contribution in [0.1, 0.15) is 9.67 Å². The van der Waals surface area contributed by atoms with E-state index in [-0.39, 0.29) is 15.0 Å². The predicted molar refractivity (Wildman–Crippen MR) is 53.7 cm³/mol. The number of rotatable bonds is 1. The zero-order chi connectivity index (χ0) is 11.2. The summed E-state index contributed by atoms with van der Waals surface area (Å²) in [5, 5.41) is 8.27. The van der Waals surface area contributed by atoms with E-state index in [2.05, 4.69) is 0 Å². The summed E-state index contributed by atoms with van der Waals surface area (Å²) in [6.07, 6.45) is 0. The average molecular weight is 249 g/mol. The van der Waals surface area contributed by atoms with E-state index in [1.807, 2.05) is 0 Å². The quantitative estimate of drug-likeness (QED) is 0.784. The number of benzene rings is 1. The van der Waals surface area contributed by atoms with E-state index in [0.29, 0.717) is 0 Å². The van der Waals surface area contributed by atoms with Crippen LogP contribution in [0.4, 0.5) is 8.78 Å². The maximum Gasteiger partial charge on any atom is 0.345 e. The molecule has 15 heavy (non-hydrogen) atoms. The first-order chi connectivity index (χ1) is 7.00. The fourth-order valence-corrected chi connectivity index (χ4v) is 2.32. The summed E-state index contributed by atoms with van der Waals surface area (Å²) in [6, 6.07) is 2.23. The number of carboxylic acid groups (broad SMARTS) is 1. The van der Waals surface area contributed by atoms with Crippen LogP contribution in [0.15, 0.2) is 12.1 Å². The van der Waals surface area contributed by atoms with Crippen molar-refractivity contribution in [1.29, 1.82) is 0 Å². The molecule has 1 aromatic heterocycles. The first-order valence-corrected chi connectivity index (χ1v) is 5.00. The standard InChI is InChI=1S/C9H3ClF2O2S/c10-6-4(11)1-3-2-5(9(13)14)15-8(3)7(6)12/h1-2H,(H,13,14). The van der Waals surface area contributed by atoms with Gasteiger partial charge in [-0.05, 0) is 17.5 Å². The van der Waals surface area contributed by atoms with Gasteiger partial charge in [0.25, 0.3) is 0 Å². The van der Waals surface area contributed by atoms with E-state index in [1.54, 1.807) is 0 Å². The van der Waals surface area contributed by atoms with Gasteiger partial charge in [-0.3, -0.25) is 0 Å². The third-order valence-electron chi connectivity index (χ3n) is 1.86. The van der Waals surface area contributed by atoms with Crippen LogP contribution in [0.5, 0.6) is 0 Å². The van der Waals surface area contributed by atoms with Crippen molar-refractivity contribution in [2.45, 2.75) is 0 Å². The summed E-state index contributed by atoms with van der Waals surface area (Å²) in [6.45, 7) is 0. The highest BCUT2D eigenvalue weighted by Gasteiger charge is 2.16. The van der Waals surface area contributed by atoms with Crippen LogP contribution >= 0.6 is 22.9 Å². The molecule has 1 aromatic carbocycles. The summed E-state index contributed by atoms with van der Waals surface area (Å²) in [5.41, 5.74) is 0. The number of halogens is 3. The molecule has 0 fully saturated rings. The zero-order valence-corrected chi connectivity index (χ0v) is 8.62. The second-order valence-corrected chi connectivity index (χ2v) is 4.25. The van der Waals surface area contributed by atoms with Gasteiger partial charge in [0.1, 0.15) is 15.7 Å². The van der Waals surface area contributed by atoms with Crippen LogP contribution in [-0.2, 0) is 0 Å². The van der Waals surface area contributed by atoms with Gasteiger partial charge >= 0.3 is 5.97 Å². The number of aromatic carboxylic acids is 1. The van der Waals surface area contributed by atoms with E-state index in [1.165, 1.54) is 6.07 Å². The molecular weight excluding hydrogens is 246 g/mol. The predicted octanol–water partition coefficient (Wildman–Crippen LogP) is 3.53. The molecule has 1 heterocycles. The Morgan fingerprint density at radius 2 is 2.07 bits per heavy atom. The summed E-state index contributed by atoms with van der Waals surface area (Å²) in [4.78, 5) is 10.6. The number of carbonyl (C=O) groups is 1. The van der Waals surface area contributed by atoms with Crippen molar-refractivity contribution < 1.29 is 18.7 Å². The normalized spacial score (nSPS) is 10.9. The molecule has 0 spiro atoms. The maximum absolute atomic E-state index is 13.4. The van der Waals surface area contributed by atoms with Gasteiger partial charge in [-0.1, -0.05) is 11.6 Å². The van der Waals surface area contributed by atoms with Crippen molar-refractivity contribution in [3.63, 3.8) is 0 Å². The minimum Gasteiger partial charge on any atom is -0.477 e. The van der Waals surface area contributed by atoms with Gasteiger partial charge in [0, 0.05) is 0 Å². The first kappa shape index (κ1) is 10.3. The topological polar surface area (TPSA) is 37.3 Å². The molecule has 2 aromatic rings. The molecule has 6 heteroatoms. The Morgan fingerprint density at radius 1 is 1.40 bits per heavy atom. The van der Waals surface area contributed by atoms with Crippen molar-refractivity contribution in [2.75, 3.05) is 0 Å². The van der Waals surface area contributed by atoms with Crippen LogP contribution in [0.25, 0.3) is 10.1 Å². The molecule has 0 amide bonds. The number of thiophene rings is 1. The smallest absolute Gasteiger partial charge is 0.345 e. The van der Waals surface area contributed by atoms with Gasteiger partial charge in [0.2, 0.25) is 0 Å². The third kappa shape index (κ3) is 1.57. The summed E-state index contributed by atoms with van der Waals surface area (Å²) >= 11 is 6.08. The second kappa shape index (κ2) is 3.43. The van der Waals surface area contributed by atoms with Gasteiger partial charge in [-0.2, -0.15) is 0 Å². The van der Waals surface area contributed by atoms with E-state index in [4.69, 9.17) is 16.7 Å². The number of hydrogen-bond acceptors (Lipinski definition) is 2. The average Bonchev–Trinajstić information content (AvgIpc) is 2.58. The Bertz CT molecular complexity index is 565. The molecule has 0 saturated carbocycles. The van der Waals surface area contributed by atoms with Crippen molar-refractivity contribution in [1.82, 2.24) is 0 Å². The first-order valence-electron chi connectivity index (χ1n) is 3.81. The fourth-order valence-electron chi connectivity index (χ4n) is 1.19. The molecule has 78 valence electrons. The molecule has 0 saturated heterocycles. The Hall–Kier alpha value is -1.20. The highest BCUT2D eigenvalue weighted by atomic mass is 35.5. The van der Waals surface area contributed by atoms with Crippen molar-refractivity contribution in [3.8, 4) is 0 Å². The number of carboxylic acids is 1. The molecule has 0 bridgehead atoms. The van der Waals surface area contributed by atoms with E-state index in [0.717, 1.165) is 17.4 Å². The summed E-state index contributed by atoms with van der Waals surface area (Å²) in [7, 11) is 0. The fraction of sp³-hybridized carbons (Fsp3) is 0. The van der Waals surface area contributed by atoms with Gasteiger partial charge < -0.3 is 5.11 Å². The van der Waals surface area contributed by atoms with Gasteiger partial charge in [-0.15, -0.1) is 11.3 Å². The lowest BCUT2D eigenvalue weighted by molar-refractivity contribution is 0.0702. The monoisotopic (exact) mass is 248 g/mol. The highest BCUT2D eigenvalue weighted by Crippen LogP contribution is 2.33. The molecule has 0 atom stereocenters. The molecule has 0 aliphatic rings. The molecule has 2 nitrogen and oxygen atoms in total. The maximum atomic E-state index is 13.4. The zero-order valence-electron chi connectivity index (χ0n) is 7.05. The molecule has 0 radical (unpaired) electrons. The lowest BCUT2D eigenvalue weighted by Crippen LogP contribution is -1.89. The number of hydrogen-bond donors (Lipinski definition) is 1. The van der Waals surface area contributed by atoms with Crippen LogP contribution in [0.2, 0.25) is 5.02 Å². The van der Waals surface area contributed by atoms with Crippen LogP contribution < -0.4 is 0 Å². The lowest BCUT2D eigenvalue weighted by Gasteiger charge is -1.96. The molecule has 2 rings (SSSR count). The molecule has 1 N–H and O–H groups in total. The Morgan fingerprint density at radius 3 is 2.67 bits per heavy atom. The Balaban J connectivity index is 2.82. The van der Waals surface area contributed by atoms with E-state index < -0.39 is 22.6 Å². The van der Waals surface area contributed by atoms with Crippen LogP contribution in [-0.4, -0.2) is 11.1 Å².